The summed E-state index contributed by atoms with van der Waals surface area (Å²) in [6.07, 6.45) is 6.85. The number of benzene rings is 1. The second-order valence-electron chi connectivity index (χ2n) is 6.42. The molecule has 24 heavy (non-hydrogen) atoms. The topological polar surface area (TPSA) is 39.9 Å². The molecule has 1 fully saturated rings. The first-order valence-electron chi connectivity index (χ1n) is 8.51. The average molecular weight is 339 g/mol. The van der Waals surface area contributed by atoms with E-state index in [0.717, 1.165) is 23.3 Å². The lowest BCUT2D eigenvalue weighted by Crippen LogP contribution is -2.09. The zero-order valence-corrected chi connectivity index (χ0v) is 14.5. The van der Waals surface area contributed by atoms with Crippen molar-refractivity contribution in [2.24, 2.45) is 0 Å². The van der Waals surface area contributed by atoms with Crippen LogP contribution in [0.1, 0.15) is 48.7 Å². The summed E-state index contributed by atoms with van der Waals surface area (Å²) < 4.78 is 7.41. The summed E-state index contributed by atoms with van der Waals surface area (Å²) in [5, 5.41) is 0. The van der Waals surface area contributed by atoms with Gasteiger partial charge in [0.05, 0.1) is 16.7 Å². The van der Waals surface area contributed by atoms with Crippen LogP contribution >= 0.6 is 12.9 Å². The zero-order chi connectivity index (χ0) is 16.4. The Balaban J connectivity index is 1.86. The van der Waals surface area contributed by atoms with E-state index in [-0.39, 0.29) is 0 Å². The van der Waals surface area contributed by atoms with Gasteiger partial charge in [-0.3, -0.25) is 4.98 Å². The van der Waals surface area contributed by atoms with Crippen molar-refractivity contribution in [2.75, 3.05) is 0 Å². The predicted octanol–water partition coefficient (Wildman–Crippen LogP) is 4.50. The van der Waals surface area contributed by atoms with E-state index in [1.54, 1.807) is 0 Å². The quantitative estimate of drug-likeness (QED) is 0.549. The minimum Gasteiger partial charge on any atom is -0.322 e. The summed E-state index contributed by atoms with van der Waals surface area (Å²) >= 11 is 3.92. The van der Waals surface area contributed by atoms with Crippen LogP contribution in [0.4, 0.5) is 0 Å². The molecule has 0 radical (unpaired) electrons. The summed E-state index contributed by atoms with van der Waals surface area (Å²) in [5.74, 6) is 1.74. The Morgan fingerprint density at radius 2 is 1.92 bits per heavy atom. The number of rotatable bonds is 5. The van der Waals surface area contributed by atoms with Crippen molar-refractivity contribution >= 4 is 23.9 Å². The number of imidazole rings is 1. The number of nitrogens with zero attached hydrogens (tertiary/aromatic N) is 3. The highest BCUT2D eigenvalue weighted by atomic mass is 32.1. The molecule has 0 atom stereocenters. The van der Waals surface area contributed by atoms with Crippen molar-refractivity contribution in [3.05, 3.63) is 59.7 Å². The number of fused-ring (bicyclic) bond motifs is 1. The zero-order valence-electron chi connectivity index (χ0n) is 13.6. The maximum Gasteiger partial charge on any atom is 0.113 e. The van der Waals surface area contributed by atoms with Gasteiger partial charge in [0.15, 0.2) is 0 Å². The standard InChI is InChI=1S/C19H21N3OS/c24-23-13-17-18-16(10-11-20-17)21-19(15-8-4-5-9-15)22(18)12-14-6-2-1-3-7-14/h1-3,6-7,10-11,15,24H,4-5,8-9,12-13H2. The number of hydrogen-bond donors (Lipinski definition) is 1. The first-order chi connectivity index (χ1) is 11.9. The molecule has 0 spiro atoms. The molecule has 4 nitrogen and oxygen atoms in total. The van der Waals surface area contributed by atoms with Crippen LogP contribution in [0.5, 0.6) is 0 Å². The van der Waals surface area contributed by atoms with E-state index in [1.165, 1.54) is 37.1 Å². The number of thiol groups is 1. The summed E-state index contributed by atoms with van der Waals surface area (Å²) in [6.45, 7) is 1.19. The van der Waals surface area contributed by atoms with E-state index >= 15 is 0 Å². The van der Waals surface area contributed by atoms with Crippen molar-refractivity contribution in [2.45, 2.75) is 44.8 Å². The van der Waals surface area contributed by atoms with Gasteiger partial charge in [0.25, 0.3) is 0 Å². The molecule has 1 saturated carbocycles. The molecule has 1 aliphatic carbocycles. The van der Waals surface area contributed by atoms with Crippen LogP contribution < -0.4 is 0 Å². The third kappa shape index (κ3) is 2.94. The molecule has 5 heteroatoms. The molecule has 3 aromatic rings. The van der Waals surface area contributed by atoms with Crippen molar-refractivity contribution in [1.82, 2.24) is 14.5 Å². The summed E-state index contributed by atoms with van der Waals surface area (Å²) in [6, 6.07) is 12.5. The Morgan fingerprint density at radius 1 is 1.12 bits per heavy atom. The first kappa shape index (κ1) is 15.7. The van der Waals surface area contributed by atoms with Crippen LogP contribution in [0.15, 0.2) is 42.6 Å². The molecule has 4 rings (SSSR count). The minimum absolute atomic E-state index is 0.380. The van der Waals surface area contributed by atoms with Crippen molar-refractivity contribution in [1.29, 1.82) is 0 Å². The number of pyridine rings is 1. The molecule has 2 aromatic heterocycles. The van der Waals surface area contributed by atoms with Crippen LogP contribution in [0.25, 0.3) is 11.0 Å². The lowest BCUT2D eigenvalue weighted by molar-refractivity contribution is 0.367. The molecule has 0 N–H and O–H groups in total. The Morgan fingerprint density at radius 3 is 2.67 bits per heavy atom. The van der Waals surface area contributed by atoms with Gasteiger partial charge in [-0.1, -0.05) is 43.2 Å². The molecule has 2 heterocycles. The fourth-order valence-electron chi connectivity index (χ4n) is 3.76. The third-order valence-corrected chi connectivity index (χ3v) is 4.99. The molecule has 1 aliphatic rings. The Kier molecular flexibility index (Phi) is 4.54. The molecule has 0 aliphatic heterocycles. The predicted molar refractivity (Wildman–Crippen MR) is 98.1 cm³/mol. The monoisotopic (exact) mass is 339 g/mol. The van der Waals surface area contributed by atoms with Gasteiger partial charge in [-0.05, 0) is 37.4 Å². The van der Waals surface area contributed by atoms with E-state index in [9.17, 15) is 0 Å². The molecular weight excluding hydrogens is 318 g/mol. The maximum absolute atomic E-state index is 5.07. The van der Waals surface area contributed by atoms with Crippen LogP contribution in [0, 0.1) is 0 Å². The van der Waals surface area contributed by atoms with Crippen molar-refractivity contribution in [3.63, 3.8) is 0 Å². The summed E-state index contributed by atoms with van der Waals surface area (Å²) in [7, 11) is 0. The van der Waals surface area contributed by atoms with Crippen LogP contribution in [-0.2, 0) is 17.3 Å². The Labute approximate surface area is 147 Å². The van der Waals surface area contributed by atoms with E-state index < -0.39 is 0 Å². The smallest absolute Gasteiger partial charge is 0.113 e. The van der Waals surface area contributed by atoms with Gasteiger partial charge in [-0.2, -0.15) is 0 Å². The SMILES string of the molecule is SOCc1nccc2nc(C3CCCC3)n(Cc3ccccc3)c12. The first-order valence-corrected chi connectivity index (χ1v) is 8.87. The summed E-state index contributed by atoms with van der Waals surface area (Å²) in [4.78, 5) is 9.48. The van der Waals surface area contributed by atoms with Crippen LogP contribution in [0.2, 0.25) is 0 Å². The highest BCUT2D eigenvalue weighted by Crippen LogP contribution is 2.36. The molecule has 124 valence electrons. The van der Waals surface area contributed by atoms with E-state index in [4.69, 9.17) is 9.17 Å². The normalized spacial score (nSPS) is 15.4. The van der Waals surface area contributed by atoms with Gasteiger partial charge < -0.3 is 8.75 Å². The van der Waals surface area contributed by atoms with Crippen LogP contribution in [-0.4, -0.2) is 14.5 Å². The average Bonchev–Trinajstić information content (AvgIpc) is 3.25. The van der Waals surface area contributed by atoms with Gasteiger partial charge in [0.1, 0.15) is 12.4 Å². The molecule has 1 aromatic carbocycles. The largest absolute Gasteiger partial charge is 0.322 e. The second-order valence-corrected chi connectivity index (χ2v) is 6.68. The van der Waals surface area contributed by atoms with E-state index in [2.05, 4.69) is 52.8 Å². The van der Waals surface area contributed by atoms with Crippen LogP contribution in [0.3, 0.4) is 0 Å². The maximum atomic E-state index is 5.07. The highest BCUT2D eigenvalue weighted by molar-refractivity contribution is 7.75. The lowest BCUT2D eigenvalue weighted by Gasteiger charge is -2.14. The molecule has 0 unspecified atom stereocenters. The van der Waals surface area contributed by atoms with E-state index in [1.807, 2.05) is 12.3 Å². The Bertz CT molecular complexity index is 825. The van der Waals surface area contributed by atoms with Gasteiger partial charge in [0, 0.05) is 18.7 Å². The van der Waals surface area contributed by atoms with Gasteiger partial charge in [-0.25, -0.2) is 4.98 Å². The second kappa shape index (κ2) is 6.95. The summed E-state index contributed by atoms with van der Waals surface area (Å²) in [5.41, 5.74) is 4.26. The molecular formula is C19H21N3OS. The van der Waals surface area contributed by atoms with E-state index in [0.29, 0.717) is 12.5 Å². The van der Waals surface area contributed by atoms with Crippen molar-refractivity contribution in [3.8, 4) is 0 Å². The minimum atomic E-state index is 0.380. The molecule has 0 saturated heterocycles. The molecule has 0 bridgehead atoms. The van der Waals surface area contributed by atoms with Gasteiger partial charge >= 0.3 is 0 Å². The lowest BCUT2D eigenvalue weighted by atomic mass is 10.1. The van der Waals surface area contributed by atoms with Gasteiger partial charge in [0.2, 0.25) is 0 Å². The highest BCUT2D eigenvalue weighted by Gasteiger charge is 2.25. The molecule has 0 amide bonds. The number of aromatic nitrogens is 3. The fraction of sp³-hybridized carbons (Fsp3) is 0.368. The van der Waals surface area contributed by atoms with Gasteiger partial charge in [-0.15, -0.1) is 0 Å². The third-order valence-electron chi connectivity index (χ3n) is 4.87. The van der Waals surface area contributed by atoms with Crippen molar-refractivity contribution < 1.29 is 4.18 Å². The number of hydrogen-bond acceptors (Lipinski definition) is 4. The fourth-order valence-corrected chi connectivity index (χ4v) is 3.88. The Hall–Kier alpha value is -1.85.